The summed E-state index contributed by atoms with van der Waals surface area (Å²) >= 11 is 1.26. The van der Waals surface area contributed by atoms with Crippen LogP contribution in [0.15, 0.2) is 42.5 Å². The molecule has 0 fully saturated rings. The lowest BCUT2D eigenvalue weighted by molar-refractivity contribution is 0.0700. The molecule has 1 heterocycles. The van der Waals surface area contributed by atoms with Crippen LogP contribution >= 0.6 is 11.3 Å². The summed E-state index contributed by atoms with van der Waals surface area (Å²) in [6.07, 6.45) is 1.59. The Morgan fingerprint density at radius 1 is 1.19 bits per heavy atom. The molecule has 1 N–H and O–H groups in total. The lowest BCUT2D eigenvalue weighted by Gasteiger charge is -2.00. The maximum absolute atomic E-state index is 11.3. The summed E-state index contributed by atoms with van der Waals surface area (Å²) in [5, 5.41) is 12.4. The quantitative estimate of drug-likeness (QED) is 0.764. The Labute approximate surface area is 126 Å². The van der Waals surface area contributed by atoms with Crippen molar-refractivity contribution in [3.05, 3.63) is 53.0 Å². The van der Waals surface area contributed by atoms with Crippen LogP contribution in [0.1, 0.15) is 28.7 Å². The van der Waals surface area contributed by atoms with E-state index in [2.05, 4.69) is 23.2 Å². The zero-order chi connectivity index (χ0) is 14.8. The standard InChI is InChI=1S/C17H15NO2S/c1-2-5-14-15(17(19)20)21-16(18-14)13-9-8-11-6-3-4-7-12(11)10-13/h3-4,6-10H,2,5H2,1H3,(H,19,20). The van der Waals surface area contributed by atoms with Gasteiger partial charge in [-0.15, -0.1) is 11.3 Å². The van der Waals surface area contributed by atoms with Crippen LogP contribution in [0.5, 0.6) is 0 Å². The Balaban J connectivity index is 2.09. The normalized spacial score (nSPS) is 10.9. The molecule has 0 aliphatic carbocycles. The van der Waals surface area contributed by atoms with Gasteiger partial charge in [-0.2, -0.15) is 0 Å². The Morgan fingerprint density at radius 2 is 1.95 bits per heavy atom. The van der Waals surface area contributed by atoms with Crippen LogP contribution in [0.4, 0.5) is 0 Å². The molecular formula is C17H15NO2S. The van der Waals surface area contributed by atoms with Gasteiger partial charge in [-0.1, -0.05) is 49.7 Å². The summed E-state index contributed by atoms with van der Waals surface area (Å²) in [5.41, 5.74) is 1.67. The molecule has 0 amide bonds. The van der Waals surface area contributed by atoms with Crippen LogP contribution < -0.4 is 0 Å². The van der Waals surface area contributed by atoms with Gasteiger partial charge in [0.15, 0.2) is 0 Å². The molecule has 2 aromatic carbocycles. The number of aromatic carboxylic acids is 1. The molecule has 0 saturated heterocycles. The summed E-state index contributed by atoms with van der Waals surface area (Å²) in [4.78, 5) is 16.2. The van der Waals surface area contributed by atoms with Gasteiger partial charge in [0.05, 0.1) is 5.69 Å². The summed E-state index contributed by atoms with van der Waals surface area (Å²) in [7, 11) is 0. The van der Waals surface area contributed by atoms with E-state index < -0.39 is 5.97 Å². The maximum Gasteiger partial charge on any atom is 0.347 e. The van der Waals surface area contributed by atoms with Crippen molar-refractivity contribution in [1.29, 1.82) is 0 Å². The largest absolute Gasteiger partial charge is 0.477 e. The number of rotatable bonds is 4. The monoisotopic (exact) mass is 297 g/mol. The summed E-state index contributed by atoms with van der Waals surface area (Å²) in [6.45, 7) is 2.03. The Morgan fingerprint density at radius 3 is 2.67 bits per heavy atom. The molecule has 4 heteroatoms. The van der Waals surface area contributed by atoms with Gasteiger partial charge in [0, 0.05) is 5.56 Å². The molecule has 0 radical (unpaired) electrons. The fourth-order valence-electron chi connectivity index (χ4n) is 2.37. The first-order valence-electron chi connectivity index (χ1n) is 6.91. The summed E-state index contributed by atoms with van der Waals surface area (Å²) in [5.74, 6) is -0.886. The van der Waals surface area contributed by atoms with Gasteiger partial charge in [0.1, 0.15) is 9.88 Å². The molecule has 0 aliphatic heterocycles. The molecule has 0 bridgehead atoms. The van der Waals surface area contributed by atoms with Crippen LogP contribution in [0.2, 0.25) is 0 Å². The van der Waals surface area contributed by atoms with E-state index in [0.717, 1.165) is 22.4 Å². The third-order valence-electron chi connectivity index (χ3n) is 3.37. The number of carboxylic acid groups (broad SMARTS) is 1. The number of carboxylic acids is 1. The van der Waals surface area contributed by atoms with Gasteiger partial charge in [0.25, 0.3) is 0 Å². The lowest BCUT2D eigenvalue weighted by Crippen LogP contribution is -1.98. The third-order valence-corrected chi connectivity index (χ3v) is 4.51. The Hall–Kier alpha value is -2.20. The van der Waals surface area contributed by atoms with Gasteiger partial charge in [-0.3, -0.25) is 0 Å². The average Bonchev–Trinajstić information content (AvgIpc) is 2.91. The molecule has 0 unspecified atom stereocenters. The predicted molar refractivity (Wildman–Crippen MR) is 86.0 cm³/mol. The first-order valence-corrected chi connectivity index (χ1v) is 7.73. The number of thiazole rings is 1. The van der Waals surface area contributed by atoms with E-state index in [1.807, 2.05) is 31.2 Å². The number of nitrogens with zero attached hydrogens (tertiary/aromatic N) is 1. The molecule has 1 aromatic heterocycles. The fourth-order valence-corrected chi connectivity index (χ4v) is 3.32. The average molecular weight is 297 g/mol. The molecule has 3 nitrogen and oxygen atoms in total. The number of fused-ring (bicyclic) bond motifs is 1. The minimum atomic E-state index is -0.886. The number of aromatic nitrogens is 1. The molecule has 0 atom stereocenters. The second kappa shape index (κ2) is 5.66. The van der Waals surface area contributed by atoms with E-state index in [4.69, 9.17) is 0 Å². The minimum absolute atomic E-state index is 0.361. The SMILES string of the molecule is CCCc1nc(-c2ccc3ccccc3c2)sc1C(=O)O. The number of carbonyl (C=O) groups is 1. The molecule has 0 spiro atoms. The van der Waals surface area contributed by atoms with Crippen LogP contribution in [0.3, 0.4) is 0 Å². The minimum Gasteiger partial charge on any atom is -0.477 e. The maximum atomic E-state index is 11.3. The van der Waals surface area contributed by atoms with Crippen molar-refractivity contribution in [2.75, 3.05) is 0 Å². The molecule has 0 aliphatic rings. The van der Waals surface area contributed by atoms with Crippen molar-refractivity contribution in [1.82, 2.24) is 4.98 Å². The van der Waals surface area contributed by atoms with E-state index in [-0.39, 0.29) is 0 Å². The zero-order valence-electron chi connectivity index (χ0n) is 11.7. The van der Waals surface area contributed by atoms with Crippen molar-refractivity contribution >= 4 is 28.1 Å². The third kappa shape index (κ3) is 2.67. The summed E-state index contributed by atoms with van der Waals surface area (Å²) < 4.78 is 0. The topological polar surface area (TPSA) is 50.2 Å². The van der Waals surface area contributed by atoms with Gasteiger partial charge in [0.2, 0.25) is 0 Å². The highest BCUT2D eigenvalue weighted by Crippen LogP contribution is 2.31. The zero-order valence-corrected chi connectivity index (χ0v) is 12.5. The van der Waals surface area contributed by atoms with Gasteiger partial charge < -0.3 is 5.11 Å². The van der Waals surface area contributed by atoms with Crippen molar-refractivity contribution in [2.45, 2.75) is 19.8 Å². The van der Waals surface area contributed by atoms with Crippen LogP contribution in [0, 0.1) is 0 Å². The highest BCUT2D eigenvalue weighted by atomic mass is 32.1. The molecular weight excluding hydrogens is 282 g/mol. The smallest absolute Gasteiger partial charge is 0.347 e. The number of aryl methyl sites for hydroxylation is 1. The van der Waals surface area contributed by atoms with Gasteiger partial charge in [-0.05, 0) is 23.3 Å². The van der Waals surface area contributed by atoms with Crippen LogP contribution in [-0.2, 0) is 6.42 Å². The van der Waals surface area contributed by atoms with Crippen molar-refractivity contribution in [3.63, 3.8) is 0 Å². The van der Waals surface area contributed by atoms with Crippen molar-refractivity contribution in [3.8, 4) is 10.6 Å². The molecule has 0 saturated carbocycles. The lowest BCUT2D eigenvalue weighted by atomic mass is 10.1. The second-order valence-electron chi connectivity index (χ2n) is 4.91. The molecule has 106 valence electrons. The fraction of sp³-hybridized carbons (Fsp3) is 0.176. The van der Waals surface area contributed by atoms with E-state index in [1.54, 1.807) is 0 Å². The Bertz CT molecular complexity index is 807. The van der Waals surface area contributed by atoms with E-state index in [1.165, 1.54) is 16.7 Å². The number of hydrogen-bond donors (Lipinski definition) is 1. The van der Waals surface area contributed by atoms with Gasteiger partial charge in [-0.25, -0.2) is 9.78 Å². The first kappa shape index (κ1) is 13.8. The predicted octanol–water partition coefficient (Wildman–Crippen LogP) is 4.61. The molecule has 21 heavy (non-hydrogen) atoms. The highest BCUT2D eigenvalue weighted by Gasteiger charge is 2.17. The highest BCUT2D eigenvalue weighted by molar-refractivity contribution is 7.17. The number of hydrogen-bond acceptors (Lipinski definition) is 3. The number of benzene rings is 2. The summed E-state index contributed by atoms with van der Waals surface area (Å²) in [6, 6.07) is 14.2. The van der Waals surface area contributed by atoms with Crippen LogP contribution in [-0.4, -0.2) is 16.1 Å². The van der Waals surface area contributed by atoms with E-state index >= 15 is 0 Å². The van der Waals surface area contributed by atoms with E-state index in [0.29, 0.717) is 17.0 Å². The van der Waals surface area contributed by atoms with Crippen LogP contribution in [0.25, 0.3) is 21.3 Å². The van der Waals surface area contributed by atoms with Crippen molar-refractivity contribution in [2.24, 2.45) is 0 Å². The second-order valence-corrected chi connectivity index (χ2v) is 5.91. The molecule has 3 rings (SSSR count). The Kier molecular flexibility index (Phi) is 3.71. The first-order chi connectivity index (χ1) is 10.2. The molecule has 3 aromatic rings. The van der Waals surface area contributed by atoms with Gasteiger partial charge >= 0.3 is 5.97 Å². The van der Waals surface area contributed by atoms with E-state index in [9.17, 15) is 9.90 Å². The van der Waals surface area contributed by atoms with Crippen molar-refractivity contribution < 1.29 is 9.90 Å².